The van der Waals surface area contributed by atoms with Gasteiger partial charge in [0.2, 0.25) is 5.88 Å². The molecule has 0 amide bonds. The Morgan fingerprint density at radius 2 is 2.16 bits per heavy atom. The fourth-order valence-corrected chi connectivity index (χ4v) is 2.29. The number of hydrogen-bond acceptors (Lipinski definition) is 4. The molecule has 0 aliphatic heterocycles. The van der Waals surface area contributed by atoms with E-state index in [1.54, 1.807) is 24.5 Å². The number of aromatic nitrogens is 2. The second kappa shape index (κ2) is 5.07. The van der Waals surface area contributed by atoms with Crippen LogP contribution in [0.5, 0.6) is 11.6 Å². The summed E-state index contributed by atoms with van der Waals surface area (Å²) in [7, 11) is 0. The van der Waals surface area contributed by atoms with E-state index in [1.165, 1.54) is 12.0 Å². The Balaban J connectivity index is 1.98. The van der Waals surface area contributed by atoms with Gasteiger partial charge in [0.05, 0.1) is 6.20 Å². The van der Waals surface area contributed by atoms with Crippen molar-refractivity contribution in [2.24, 2.45) is 0 Å². The van der Waals surface area contributed by atoms with E-state index in [4.69, 9.17) is 4.74 Å². The lowest BCUT2D eigenvalue weighted by atomic mass is 9.95. The number of pyridine rings is 2. The van der Waals surface area contributed by atoms with Gasteiger partial charge in [0.1, 0.15) is 17.4 Å². The quantitative estimate of drug-likeness (QED) is 0.823. The fourth-order valence-electron chi connectivity index (χ4n) is 2.29. The summed E-state index contributed by atoms with van der Waals surface area (Å²) in [6, 6.07) is 7.66. The van der Waals surface area contributed by atoms with Crippen LogP contribution in [0.1, 0.15) is 29.7 Å². The van der Waals surface area contributed by atoms with Gasteiger partial charge in [-0.2, -0.15) is 5.26 Å². The zero-order valence-electron chi connectivity index (χ0n) is 10.5. The van der Waals surface area contributed by atoms with E-state index >= 15 is 0 Å². The van der Waals surface area contributed by atoms with Gasteiger partial charge in [0, 0.05) is 11.9 Å². The number of fused-ring (bicyclic) bond motifs is 1. The van der Waals surface area contributed by atoms with Crippen LogP contribution in [0, 0.1) is 11.3 Å². The van der Waals surface area contributed by atoms with Crippen molar-refractivity contribution in [3.63, 3.8) is 0 Å². The first-order chi connectivity index (χ1) is 9.36. The molecule has 0 saturated carbocycles. The lowest BCUT2D eigenvalue weighted by Crippen LogP contribution is -2.07. The van der Waals surface area contributed by atoms with Gasteiger partial charge >= 0.3 is 0 Å². The summed E-state index contributed by atoms with van der Waals surface area (Å²) in [4.78, 5) is 8.49. The molecule has 0 radical (unpaired) electrons. The third-order valence-corrected chi connectivity index (χ3v) is 3.24. The minimum Gasteiger partial charge on any atom is -0.436 e. The van der Waals surface area contributed by atoms with Gasteiger partial charge in [0.15, 0.2) is 0 Å². The highest BCUT2D eigenvalue weighted by atomic mass is 16.5. The summed E-state index contributed by atoms with van der Waals surface area (Å²) < 4.78 is 5.67. The van der Waals surface area contributed by atoms with Crippen molar-refractivity contribution in [2.75, 3.05) is 0 Å². The van der Waals surface area contributed by atoms with Crippen LogP contribution in [-0.2, 0) is 12.8 Å². The van der Waals surface area contributed by atoms with Crippen molar-refractivity contribution in [2.45, 2.75) is 25.7 Å². The van der Waals surface area contributed by atoms with Gasteiger partial charge in [-0.3, -0.25) is 4.98 Å². The minimum absolute atomic E-state index is 0.385. The lowest BCUT2D eigenvalue weighted by Gasteiger charge is -2.16. The molecule has 19 heavy (non-hydrogen) atoms. The molecular weight excluding hydrogens is 238 g/mol. The van der Waals surface area contributed by atoms with E-state index < -0.39 is 0 Å². The van der Waals surface area contributed by atoms with Crippen LogP contribution in [0.2, 0.25) is 0 Å². The van der Waals surface area contributed by atoms with Crippen LogP contribution in [-0.4, -0.2) is 9.97 Å². The van der Waals surface area contributed by atoms with E-state index in [1.807, 2.05) is 6.07 Å². The first-order valence-corrected chi connectivity index (χ1v) is 6.37. The maximum atomic E-state index is 9.21. The SMILES string of the molecule is N#Cc1cc2c(nc1Oc1cccnc1)CCCC2. The maximum Gasteiger partial charge on any atom is 0.237 e. The van der Waals surface area contributed by atoms with E-state index in [9.17, 15) is 5.26 Å². The molecule has 4 heteroatoms. The number of hydrogen-bond donors (Lipinski definition) is 0. The average molecular weight is 251 g/mol. The van der Waals surface area contributed by atoms with E-state index in [0.717, 1.165) is 25.0 Å². The zero-order chi connectivity index (χ0) is 13.1. The molecule has 0 saturated heterocycles. The molecule has 2 heterocycles. The van der Waals surface area contributed by atoms with E-state index in [-0.39, 0.29) is 0 Å². The van der Waals surface area contributed by atoms with Crippen molar-refractivity contribution in [1.82, 2.24) is 9.97 Å². The van der Waals surface area contributed by atoms with Crippen LogP contribution in [0.25, 0.3) is 0 Å². The van der Waals surface area contributed by atoms with Gasteiger partial charge in [0.25, 0.3) is 0 Å². The molecule has 0 bridgehead atoms. The summed E-state index contributed by atoms with van der Waals surface area (Å²) in [5.74, 6) is 0.985. The van der Waals surface area contributed by atoms with Crippen molar-refractivity contribution in [3.8, 4) is 17.7 Å². The van der Waals surface area contributed by atoms with Crippen molar-refractivity contribution in [1.29, 1.82) is 5.26 Å². The minimum atomic E-state index is 0.385. The fraction of sp³-hybridized carbons (Fsp3) is 0.267. The molecule has 4 nitrogen and oxygen atoms in total. The van der Waals surface area contributed by atoms with Crippen LogP contribution in [0.15, 0.2) is 30.6 Å². The molecule has 0 atom stereocenters. The summed E-state index contributed by atoms with van der Waals surface area (Å²) in [5.41, 5.74) is 2.73. The molecule has 1 aliphatic rings. The maximum absolute atomic E-state index is 9.21. The number of rotatable bonds is 2. The van der Waals surface area contributed by atoms with Gasteiger partial charge in [-0.15, -0.1) is 0 Å². The van der Waals surface area contributed by atoms with Crippen molar-refractivity contribution in [3.05, 3.63) is 47.4 Å². The normalized spacial score (nSPS) is 13.4. The first-order valence-electron chi connectivity index (χ1n) is 6.37. The molecular formula is C15H13N3O. The topological polar surface area (TPSA) is 58.8 Å². The molecule has 1 aliphatic carbocycles. The Kier molecular flexibility index (Phi) is 3.11. The molecule has 2 aromatic rings. The molecule has 0 N–H and O–H groups in total. The summed E-state index contributed by atoms with van der Waals surface area (Å²) in [5, 5.41) is 9.21. The third-order valence-electron chi connectivity index (χ3n) is 3.24. The number of nitriles is 1. The Bertz CT molecular complexity index is 632. The van der Waals surface area contributed by atoms with Crippen LogP contribution >= 0.6 is 0 Å². The number of ether oxygens (including phenoxy) is 1. The van der Waals surface area contributed by atoms with E-state index in [2.05, 4.69) is 16.0 Å². The molecule has 3 rings (SSSR count). The zero-order valence-corrected chi connectivity index (χ0v) is 10.5. The monoisotopic (exact) mass is 251 g/mol. The Morgan fingerprint density at radius 1 is 1.26 bits per heavy atom. The Morgan fingerprint density at radius 3 is 2.95 bits per heavy atom. The third kappa shape index (κ3) is 2.41. The average Bonchev–Trinajstić information content (AvgIpc) is 2.47. The highest BCUT2D eigenvalue weighted by molar-refractivity contribution is 5.45. The molecule has 2 aromatic heterocycles. The van der Waals surface area contributed by atoms with E-state index in [0.29, 0.717) is 17.2 Å². The van der Waals surface area contributed by atoms with Crippen molar-refractivity contribution >= 4 is 0 Å². The predicted octanol–water partition coefficient (Wildman–Crippen LogP) is 3.02. The van der Waals surface area contributed by atoms with Crippen LogP contribution in [0.3, 0.4) is 0 Å². The lowest BCUT2D eigenvalue weighted by molar-refractivity contribution is 0.454. The molecule has 94 valence electrons. The molecule has 0 spiro atoms. The second-order valence-electron chi connectivity index (χ2n) is 4.56. The van der Waals surface area contributed by atoms with Gasteiger partial charge in [-0.05, 0) is 49.4 Å². The molecule has 0 fully saturated rings. The summed E-state index contributed by atoms with van der Waals surface area (Å²) in [6.07, 6.45) is 7.58. The Hall–Kier alpha value is -2.41. The molecule has 0 aromatic carbocycles. The highest BCUT2D eigenvalue weighted by Crippen LogP contribution is 2.28. The van der Waals surface area contributed by atoms with Crippen molar-refractivity contribution < 1.29 is 4.74 Å². The standard InChI is InChI=1S/C15H13N3O/c16-9-12-8-11-4-1-2-6-14(11)18-15(12)19-13-5-3-7-17-10-13/h3,5,7-8,10H,1-2,4,6H2. The summed E-state index contributed by atoms with van der Waals surface area (Å²) in [6.45, 7) is 0. The first kappa shape index (κ1) is 11.7. The molecule has 0 unspecified atom stereocenters. The van der Waals surface area contributed by atoms with Gasteiger partial charge in [-0.25, -0.2) is 4.98 Å². The second-order valence-corrected chi connectivity index (χ2v) is 4.56. The summed E-state index contributed by atoms with van der Waals surface area (Å²) >= 11 is 0. The smallest absolute Gasteiger partial charge is 0.237 e. The number of nitrogens with zero attached hydrogens (tertiary/aromatic N) is 3. The van der Waals surface area contributed by atoms with Crippen LogP contribution in [0.4, 0.5) is 0 Å². The van der Waals surface area contributed by atoms with Crippen LogP contribution < -0.4 is 4.74 Å². The van der Waals surface area contributed by atoms with Gasteiger partial charge in [-0.1, -0.05) is 0 Å². The highest BCUT2D eigenvalue weighted by Gasteiger charge is 2.16. The predicted molar refractivity (Wildman–Crippen MR) is 69.9 cm³/mol. The largest absolute Gasteiger partial charge is 0.436 e. The van der Waals surface area contributed by atoms with Gasteiger partial charge < -0.3 is 4.74 Å². The number of aryl methyl sites for hydroxylation is 2. The Labute approximate surface area is 111 Å².